The molecule has 0 heterocycles. The molecular formula is C16H23ClN2O2. The number of nitrogens with one attached hydrogen (secondary N) is 1. The van der Waals surface area contributed by atoms with Gasteiger partial charge < -0.3 is 5.32 Å². The fourth-order valence-corrected chi connectivity index (χ4v) is 2.01. The van der Waals surface area contributed by atoms with Crippen LogP contribution < -0.4 is 5.32 Å². The molecule has 0 aliphatic heterocycles. The van der Waals surface area contributed by atoms with Crippen molar-refractivity contribution in [1.82, 2.24) is 10.2 Å². The van der Waals surface area contributed by atoms with Gasteiger partial charge in [-0.2, -0.15) is 0 Å². The number of rotatable bonds is 7. The molecule has 1 unspecified atom stereocenters. The first-order chi connectivity index (χ1) is 9.81. The highest BCUT2D eigenvalue weighted by molar-refractivity contribution is 6.31. The van der Waals surface area contributed by atoms with Crippen LogP contribution in [0.15, 0.2) is 24.3 Å². The molecule has 1 rings (SSSR count). The Morgan fingerprint density at radius 1 is 1.29 bits per heavy atom. The summed E-state index contributed by atoms with van der Waals surface area (Å²) >= 11 is 5.90. The molecule has 116 valence electrons. The number of nitrogens with zero attached hydrogens (tertiary/aromatic N) is 1. The molecule has 5 heteroatoms. The van der Waals surface area contributed by atoms with Crippen LogP contribution in [0, 0.1) is 5.92 Å². The minimum Gasteiger partial charge on any atom is -0.355 e. The van der Waals surface area contributed by atoms with Crippen molar-refractivity contribution in [2.24, 2.45) is 5.92 Å². The summed E-state index contributed by atoms with van der Waals surface area (Å²) in [6.45, 7) is 6.70. The summed E-state index contributed by atoms with van der Waals surface area (Å²) in [5.41, 5.74) is 0.560. The van der Waals surface area contributed by atoms with Gasteiger partial charge in [-0.15, -0.1) is 0 Å². The molecular weight excluding hydrogens is 288 g/mol. The van der Waals surface area contributed by atoms with Crippen molar-refractivity contribution in [2.75, 3.05) is 20.1 Å². The van der Waals surface area contributed by atoms with E-state index in [4.69, 9.17) is 11.6 Å². The van der Waals surface area contributed by atoms with E-state index in [1.165, 1.54) is 0 Å². The van der Waals surface area contributed by atoms with Gasteiger partial charge in [-0.3, -0.25) is 14.5 Å². The predicted octanol–water partition coefficient (Wildman–Crippen LogP) is 2.62. The number of hydrogen-bond donors (Lipinski definition) is 1. The van der Waals surface area contributed by atoms with E-state index in [2.05, 4.69) is 5.32 Å². The summed E-state index contributed by atoms with van der Waals surface area (Å²) in [6.07, 6.45) is 0. The maximum Gasteiger partial charge on any atom is 0.234 e. The summed E-state index contributed by atoms with van der Waals surface area (Å²) in [6, 6.07) is 6.47. The molecule has 0 saturated carbocycles. The highest BCUT2D eigenvalue weighted by Crippen LogP contribution is 2.14. The number of carbonyl (C=O) groups excluding carboxylic acids is 2. The number of likely N-dealkylation sites (N-methyl/N-ethyl adjacent to an activating group) is 1. The molecule has 0 bridgehead atoms. The number of hydrogen-bond acceptors (Lipinski definition) is 3. The Morgan fingerprint density at radius 2 is 1.95 bits per heavy atom. The minimum absolute atomic E-state index is 0.0448. The van der Waals surface area contributed by atoms with Crippen LogP contribution in [-0.2, 0) is 4.79 Å². The van der Waals surface area contributed by atoms with Crippen molar-refractivity contribution >= 4 is 23.3 Å². The van der Waals surface area contributed by atoms with Gasteiger partial charge in [-0.25, -0.2) is 0 Å². The van der Waals surface area contributed by atoms with Crippen LogP contribution in [0.1, 0.15) is 31.1 Å². The molecule has 0 spiro atoms. The topological polar surface area (TPSA) is 49.4 Å². The third-order valence-corrected chi connectivity index (χ3v) is 3.49. The van der Waals surface area contributed by atoms with E-state index in [0.29, 0.717) is 23.0 Å². The zero-order valence-electron chi connectivity index (χ0n) is 13.0. The molecule has 1 aromatic rings. The van der Waals surface area contributed by atoms with Crippen molar-refractivity contribution in [2.45, 2.75) is 26.8 Å². The lowest BCUT2D eigenvalue weighted by Gasteiger charge is -2.23. The number of carbonyl (C=O) groups is 2. The average molecular weight is 311 g/mol. The summed E-state index contributed by atoms with van der Waals surface area (Å²) in [5.74, 6) is 0.290. The first-order valence-electron chi connectivity index (χ1n) is 7.08. The maximum atomic E-state index is 12.4. The second-order valence-corrected chi connectivity index (χ2v) is 6.10. The Morgan fingerprint density at radius 3 is 2.52 bits per heavy atom. The van der Waals surface area contributed by atoms with Crippen LogP contribution in [0.25, 0.3) is 0 Å². The Bertz CT molecular complexity index is 503. The Hall–Kier alpha value is -1.39. The first kappa shape index (κ1) is 17.7. The van der Waals surface area contributed by atoms with Crippen molar-refractivity contribution in [3.05, 3.63) is 34.9 Å². The van der Waals surface area contributed by atoms with Crippen LogP contribution in [0.4, 0.5) is 0 Å². The van der Waals surface area contributed by atoms with Crippen LogP contribution in [0.3, 0.4) is 0 Å². The standard InChI is InChI=1S/C16H23ClN2O2/c1-11(2)9-18-15(20)10-19(4)12(3)16(21)13-6-5-7-14(17)8-13/h5-8,11-12H,9-10H2,1-4H3,(H,18,20). The van der Waals surface area contributed by atoms with Gasteiger partial charge in [0.15, 0.2) is 5.78 Å². The molecule has 4 nitrogen and oxygen atoms in total. The van der Waals surface area contributed by atoms with Crippen molar-refractivity contribution < 1.29 is 9.59 Å². The van der Waals surface area contributed by atoms with E-state index in [1.807, 2.05) is 13.8 Å². The molecule has 0 radical (unpaired) electrons. The maximum absolute atomic E-state index is 12.4. The Labute approximate surface area is 131 Å². The van der Waals surface area contributed by atoms with Crippen molar-refractivity contribution in [3.8, 4) is 0 Å². The van der Waals surface area contributed by atoms with Gasteiger partial charge in [0.1, 0.15) is 0 Å². The normalized spacial score (nSPS) is 12.5. The van der Waals surface area contributed by atoms with Crippen LogP contribution in [-0.4, -0.2) is 42.8 Å². The fourth-order valence-electron chi connectivity index (χ4n) is 1.82. The highest BCUT2D eigenvalue weighted by Gasteiger charge is 2.21. The lowest BCUT2D eigenvalue weighted by molar-refractivity contribution is -0.122. The van der Waals surface area contributed by atoms with E-state index in [0.717, 1.165) is 0 Å². The zero-order valence-corrected chi connectivity index (χ0v) is 13.8. The van der Waals surface area contributed by atoms with Gasteiger partial charge in [0, 0.05) is 17.1 Å². The molecule has 0 saturated heterocycles. The molecule has 0 aromatic heterocycles. The summed E-state index contributed by atoms with van der Waals surface area (Å²) in [7, 11) is 1.77. The van der Waals surface area contributed by atoms with Crippen LogP contribution in [0.2, 0.25) is 5.02 Å². The molecule has 1 amide bonds. The predicted molar refractivity (Wildman–Crippen MR) is 85.7 cm³/mol. The number of benzene rings is 1. The fraction of sp³-hybridized carbons (Fsp3) is 0.500. The second kappa shape index (κ2) is 8.15. The molecule has 1 atom stereocenters. The van der Waals surface area contributed by atoms with Gasteiger partial charge in [0.2, 0.25) is 5.91 Å². The van der Waals surface area contributed by atoms with Crippen LogP contribution >= 0.6 is 11.6 Å². The van der Waals surface area contributed by atoms with E-state index in [9.17, 15) is 9.59 Å². The van der Waals surface area contributed by atoms with Gasteiger partial charge in [-0.1, -0.05) is 37.6 Å². The quantitative estimate of drug-likeness (QED) is 0.788. The third kappa shape index (κ3) is 5.86. The number of amides is 1. The SMILES string of the molecule is CC(C)CNC(=O)CN(C)C(C)C(=O)c1cccc(Cl)c1. The molecule has 0 aliphatic carbocycles. The Kier molecular flexibility index (Phi) is 6.85. The van der Waals surface area contributed by atoms with E-state index >= 15 is 0 Å². The highest BCUT2D eigenvalue weighted by atomic mass is 35.5. The van der Waals surface area contributed by atoms with Crippen LogP contribution in [0.5, 0.6) is 0 Å². The lowest BCUT2D eigenvalue weighted by Crippen LogP contribution is -2.43. The molecule has 0 aliphatic rings. The number of Topliss-reactive ketones (excluding diaryl/α,β-unsaturated/α-hetero) is 1. The minimum atomic E-state index is -0.381. The average Bonchev–Trinajstić information content (AvgIpc) is 2.43. The Balaban J connectivity index is 2.59. The van der Waals surface area contributed by atoms with Gasteiger partial charge in [0.05, 0.1) is 12.6 Å². The molecule has 1 N–H and O–H groups in total. The number of ketones is 1. The molecule has 0 fully saturated rings. The van der Waals surface area contributed by atoms with E-state index in [1.54, 1.807) is 43.1 Å². The summed E-state index contributed by atoms with van der Waals surface area (Å²) < 4.78 is 0. The smallest absolute Gasteiger partial charge is 0.234 e. The second-order valence-electron chi connectivity index (χ2n) is 5.66. The largest absolute Gasteiger partial charge is 0.355 e. The zero-order chi connectivity index (χ0) is 16.0. The van der Waals surface area contributed by atoms with Gasteiger partial charge in [0.25, 0.3) is 0 Å². The summed E-state index contributed by atoms with van der Waals surface area (Å²) in [5, 5.41) is 3.38. The van der Waals surface area contributed by atoms with Crippen molar-refractivity contribution in [3.63, 3.8) is 0 Å². The van der Waals surface area contributed by atoms with Gasteiger partial charge in [-0.05, 0) is 32.0 Å². The van der Waals surface area contributed by atoms with E-state index in [-0.39, 0.29) is 24.3 Å². The molecule has 1 aromatic carbocycles. The number of halogens is 1. The summed E-state index contributed by atoms with van der Waals surface area (Å²) in [4.78, 5) is 25.9. The van der Waals surface area contributed by atoms with Gasteiger partial charge >= 0.3 is 0 Å². The van der Waals surface area contributed by atoms with Crippen molar-refractivity contribution in [1.29, 1.82) is 0 Å². The first-order valence-corrected chi connectivity index (χ1v) is 7.45. The van der Waals surface area contributed by atoms with E-state index < -0.39 is 0 Å². The monoisotopic (exact) mass is 310 g/mol. The lowest BCUT2D eigenvalue weighted by atomic mass is 10.0. The third-order valence-electron chi connectivity index (χ3n) is 3.25. The molecule has 21 heavy (non-hydrogen) atoms.